The molecule has 29 heavy (non-hydrogen) atoms. The van der Waals surface area contributed by atoms with Crippen LogP contribution in [-0.2, 0) is 14.3 Å². The predicted octanol–water partition coefficient (Wildman–Crippen LogP) is 5.00. The average Bonchev–Trinajstić information content (AvgIpc) is 2.76. The SMILES string of the molecule is C=CCCCCCC[C@H](NC(=O)C(c1ccccc1)c1ccccc1)C(=O)OC. The van der Waals surface area contributed by atoms with Crippen LogP contribution in [0.4, 0.5) is 0 Å². The van der Waals surface area contributed by atoms with Crippen LogP contribution in [0, 0.1) is 0 Å². The molecular weight excluding hydrogens is 362 g/mol. The molecule has 0 radical (unpaired) electrons. The zero-order valence-electron chi connectivity index (χ0n) is 17.2. The summed E-state index contributed by atoms with van der Waals surface area (Å²) in [5.41, 5.74) is 1.79. The number of methoxy groups -OCH3 is 1. The monoisotopic (exact) mass is 393 g/mol. The molecule has 0 spiro atoms. The van der Waals surface area contributed by atoms with Crippen molar-refractivity contribution in [1.82, 2.24) is 5.32 Å². The first kappa shape index (κ1) is 22.4. The maximum atomic E-state index is 13.2. The van der Waals surface area contributed by atoms with Gasteiger partial charge in [-0.25, -0.2) is 4.79 Å². The molecule has 0 aliphatic rings. The van der Waals surface area contributed by atoms with Crippen LogP contribution in [-0.4, -0.2) is 25.0 Å². The number of amides is 1. The summed E-state index contributed by atoms with van der Waals surface area (Å²) in [4.78, 5) is 25.5. The molecule has 4 heteroatoms. The maximum Gasteiger partial charge on any atom is 0.328 e. The maximum absolute atomic E-state index is 13.2. The van der Waals surface area contributed by atoms with E-state index in [1.807, 2.05) is 66.7 Å². The van der Waals surface area contributed by atoms with E-state index in [9.17, 15) is 9.59 Å². The second-order valence-electron chi connectivity index (χ2n) is 7.12. The summed E-state index contributed by atoms with van der Waals surface area (Å²) in [6, 6.07) is 18.6. The van der Waals surface area contributed by atoms with Crippen molar-refractivity contribution in [3.05, 3.63) is 84.4 Å². The Labute approximate surface area is 174 Å². The van der Waals surface area contributed by atoms with Gasteiger partial charge in [-0.1, -0.05) is 86.0 Å². The highest BCUT2D eigenvalue weighted by Gasteiger charge is 2.28. The summed E-state index contributed by atoms with van der Waals surface area (Å²) < 4.78 is 4.93. The molecule has 0 bridgehead atoms. The van der Waals surface area contributed by atoms with E-state index in [1.54, 1.807) is 0 Å². The fourth-order valence-corrected chi connectivity index (χ4v) is 3.42. The van der Waals surface area contributed by atoms with Crippen LogP contribution in [0.5, 0.6) is 0 Å². The smallest absolute Gasteiger partial charge is 0.328 e. The predicted molar refractivity (Wildman–Crippen MR) is 117 cm³/mol. The van der Waals surface area contributed by atoms with Crippen molar-refractivity contribution in [2.75, 3.05) is 7.11 Å². The lowest BCUT2D eigenvalue weighted by Crippen LogP contribution is -2.43. The van der Waals surface area contributed by atoms with Crippen molar-refractivity contribution >= 4 is 11.9 Å². The van der Waals surface area contributed by atoms with Crippen molar-refractivity contribution in [3.8, 4) is 0 Å². The highest BCUT2D eigenvalue weighted by atomic mass is 16.5. The Morgan fingerprint density at radius 1 is 0.931 bits per heavy atom. The molecule has 0 aliphatic heterocycles. The van der Waals surface area contributed by atoms with Gasteiger partial charge in [0.1, 0.15) is 6.04 Å². The van der Waals surface area contributed by atoms with Gasteiger partial charge in [0.25, 0.3) is 0 Å². The molecule has 154 valence electrons. The quantitative estimate of drug-likeness (QED) is 0.313. The van der Waals surface area contributed by atoms with Crippen LogP contribution in [0.2, 0.25) is 0 Å². The molecule has 0 saturated heterocycles. The Morgan fingerprint density at radius 3 is 2.00 bits per heavy atom. The normalized spacial score (nSPS) is 11.7. The second kappa shape index (κ2) is 12.6. The van der Waals surface area contributed by atoms with Crippen LogP contribution in [0.25, 0.3) is 0 Å². The van der Waals surface area contributed by atoms with E-state index in [0.29, 0.717) is 6.42 Å². The number of carbonyl (C=O) groups is 2. The molecular formula is C25H31NO3. The number of allylic oxidation sites excluding steroid dienone is 1. The fourth-order valence-electron chi connectivity index (χ4n) is 3.42. The average molecular weight is 394 g/mol. The molecule has 2 aromatic rings. The molecule has 4 nitrogen and oxygen atoms in total. The number of benzene rings is 2. The van der Waals surface area contributed by atoms with E-state index >= 15 is 0 Å². The Morgan fingerprint density at radius 2 is 1.48 bits per heavy atom. The van der Waals surface area contributed by atoms with Gasteiger partial charge in [0.05, 0.1) is 13.0 Å². The lowest BCUT2D eigenvalue weighted by molar-refractivity contribution is -0.145. The van der Waals surface area contributed by atoms with Gasteiger partial charge in [0.15, 0.2) is 0 Å². The Hall–Kier alpha value is -2.88. The zero-order chi connectivity index (χ0) is 20.9. The van der Waals surface area contributed by atoms with Gasteiger partial charge in [-0.3, -0.25) is 4.79 Å². The van der Waals surface area contributed by atoms with Crippen molar-refractivity contribution < 1.29 is 14.3 Å². The molecule has 0 unspecified atom stereocenters. The van der Waals surface area contributed by atoms with Gasteiger partial charge >= 0.3 is 5.97 Å². The van der Waals surface area contributed by atoms with Crippen LogP contribution in [0.15, 0.2) is 73.3 Å². The summed E-state index contributed by atoms with van der Waals surface area (Å²) >= 11 is 0. The number of carbonyl (C=O) groups excluding carboxylic acids is 2. The third kappa shape index (κ3) is 7.22. The third-order valence-corrected chi connectivity index (χ3v) is 4.98. The second-order valence-corrected chi connectivity index (χ2v) is 7.12. The highest BCUT2D eigenvalue weighted by molar-refractivity contribution is 5.91. The summed E-state index contributed by atoms with van der Waals surface area (Å²) in [5, 5.41) is 2.94. The van der Waals surface area contributed by atoms with Gasteiger partial charge in [0.2, 0.25) is 5.91 Å². The van der Waals surface area contributed by atoms with E-state index in [4.69, 9.17) is 4.74 Å². The molecule has 2 rings (SSSR count). The minimum absolute atomic E-state index is 0.190. The minimum atomic E-state index is -0.637. The molecule has 1 N–H and O–H groups in total. The van der Waals surface area contributed by atoms with E-state index in [1.165, 1.54) is 7.11 Å². The Balaban J connectivity index is 2.09. The number of rotatable bonds is 12. The number of esters is 1. The number of unbranched alkanes of at least 4 members (excludes halogenated alkanes) is 4. The number of ether oxygens (including phenoxy) is 1. The molecule has 0 heterocycles. The Bertz CT molecular complexity index is 719. The largest absolute Gasteiger partial charge is 0.467 e. The lowest BCUT2D eigenvalue weighted by Gasteiger charge is -2.22. The van der Waals surface area contributed by atoms with Gasteiger partial charge in [-0.15, -0.1) is 6.58 Å². The molecule has 0 saturated carbocycles. The summed E-state index contributed by atoms with van der Waals surface area (Å²) in [5.74, 6) is -1.06. The van der Waals surface area contributed by atoms with Gasteiger partial charge in [-0.2, -0.15) is 0 Å². The van der Waals surface area contributed by atoms with Crippen LogP contribution < -0.4 is 5.32 Å². The summed E-state index contributed by atoms with van der Waals surface area (Å²) in [6.45, 7) is 3.73. The number of hydrogen-bond acceptors (Lipinski definition) is 3. The fraction of sp³-hybridized carbons (Fsp3) is 0.360. The van der Waals surface area contributed by atoms with Crippen molar-refractivity contribution in [3.63, 3.8) is 0 Å². The zero-order valence-corrected chi connectivity index (χ0v) is 17.2. The number of nitrogens with one attached hydrogen (secondary N) is 1. The molecule has 2 aromatic carbocycles. The van der Waals surface area contributed by atoms with Crippen LogP contribution >= 0.6 is 0 Å². The van der Waals surface area contributed by atoms with Crippen LogP contribution in [0.3, 0.4) is 0 Å². The first-order valence-electron chi connectivity index (χ1n) is 10.3. The molecule has 0 aliphatic carbocycles. The first-order valence-corrected chi connectivity index (χ1v) is 10.3. The minimum Gasteiger partial charge on any atom is -0.467 e. The van der Waals surface area contributed by atoms with Crippen molar-refractivity contribution in [2.45, 2.75) is 50.5 Å². The van der Waals surface area contributed by atoms with Gasteiger partial charge in [-0.05, 0) is 30.4 Å². The third-order valence-electron chi connectivity index (χ3n) is 4.98. The molecule has 1 atom stereocenters. The van der Waals surface area contributed by atoms with Crippen molar-refractivity contribution in [1.29, 1.82) is 0 Å². The lowest BCUT2D eigenvalue weighted by atomic mass is 9.90. The highest BCUT2D eigenvalue weighted by Crippen LogP contribution is 2.25. The standard InChI is InChI=1S/C25H31NO3/c1-3-4-5-6-7-14-19-22(25(28)29-2)26-24(27)23(20-15-10-8-11-16-20)21-17-12-9-13-18-21/h3,8-13,15-18,22-23H,1,4-7,14,19H2,2H3,(H,26,27)/t22-/m0/s1. The summed E-state index contributed by atoms with van der Waals surface area (Å²) in [6.07, 6.45) is 7.56. The van der Waals surface area contributed by atoms with Crippen LogP contribution in [0.1, 0.15) is 55.6 Å². The van der Waals surface area contributed by atoms with E-state index in [0.717, 1.165) is 43.2 Å². The van der Waals surface area contributed by atoms with Crippen molar-refractivity contribution in [2.24, 2.45) is 0 Å². The summed E-state index contributed by atoms with van der Waals surface area (Å²) in [7, 11) is 1.36. The number of hydrogen-bond donors (Lipinski definition) is 1. The van der Waals surface area contributed by atoms with Gasteiger partial charge in [0, 0.05) is 0 Å². The first-order chi connectivity index (χ1) is 14.2. The van der Waals surface area contributed by atoms with Gasteiger partial charge < -0.3 is 10.1 Å². The molecule has 0 aromatic heterocycles. The Kier molecular flexibility index (Phi) is 9.70. The van der Waals surface area contributed by atoms with E-state index in [-0.39, 0.29) is 5.91 Å². The van der Waals surface area contributed by atoms with E-state index in [2.05, 4.69) is 11.9 Å². The topological polar surface area (TPSA) is 55.4 Å². The molecule has 1 amide bonds. The van der Waals surface area contributed by atoms with E-state index < -0.39 is 17.9 Å². The molecule has 0 fully saturated rings.